The molecule has 0 unspecified atom stereocenters. The van der Waals surface area contributed by atoms with Crippen molar-refractivity contribution in [2.45, 2.75) is 17.6 Å². The van der Waals surface area contributed by atoms with Crippen molar-refractivity contribution in [3.8, 4) is 11.8 Å². The number of hydrogen-bond donors (Lipinski definition) is 1. The van der Waals surface area contributed by atoms with Crippen molar-refractivity contribution in [2.75, 3.05) is 12.4 Å². The molecule has 2 aromatic carbocycles. The highest BCUT2D eigenvalue weighted by molar-refractivity contribution is 7.99. The molecule has 0 atom stereocenters. The number of benzene rings is 2. The van der Waals surface area contributed by atoms with Gasteiger partial charge in [0, 0.05) is 10.6 Å². The minimum atomic E-state index is -2.50. The maximum absolute atomic E-state index is 12.3. The van der Waals surface area contributed by atoms with Gasteiger partial charge in [0.1, 0.15) is 17.4 Å². The number of nitrogens with one attached hydrogen (secondary N) is 1. The van der Waals surface area contributed by atoms with Crippen LogP contribution in [0.5, 0.6) is 5.75 Å². The Morgan fingerprint density at radius 2 is 1.96 bits per heavy atom. The van der Waals surface area contributed by atoms with Gasteiger partial charge in [0.2, 0.25) is 0 Å². The Hall–Kier alpha value is -2.85. The summed E-state index contributed by atoms with van der Waals surface area (Å²) in [7, 11) is 1.57. The van der Waals surface area contributed by atoms with Crippen LogP contribution in [0.4, 0.5) is 14.5 Å². The number of ether oxygens (including phenoxy) is 1. The molecule has 0 aliphatic heterocycles. The third kappa shape index (κ3) is 5.33. The molecule has 0 spiro atoms. The second-order valence-electron chi connectivity index (χ2n) is 5.26. The van der Waals surface area contributed by atoms with Gasteiger partial charge in [-0.2, -0.15) is 14.0 Å². The number of alkyl halides is 2. The van der Waals surface area contributed by atoms with Crippen molar-refractivity contribution in [2.24, 2.45) is 0 Å². The van der Waals surface area contributed by atoms with Crippen LogP contribution in [-0.2, 0) is 4.79 Å². The van der Waals surface area contributed by atoms with Gasteiger partial charge in [-0.15, -0.1) is 0 Å². The number of hydrogen-bond acceptors (Lipinski definition) is 4. The zero-order valence-corrected chi connectivity index (χ0v) is 14.9. The second kappa shape index (κ2) is 9.02. The molecule has 7 heteroatoms. The summed E-state index contributed by atoms with van der Waals surface area (Å²) in [5.41, 5.74) is 1.92. The number of methoxy groups -OCH3 is 1. The first-order valence-corrected chi connectivity index (χ1v) is 8.43. The fourth-order valence-corrected chi connectivity index (χ4v) is 2.72. The van der Waals surface area contributed by atoms with Gasteiger partial charge in [-0.3, -0.25) is 4.79 Å². The van der Waals surface area contributed by atoms with E-state index in [9.17, 15) is 18.8 Å². The fourth-order valence-electron chi connectivity index (χ4n) is 2.22. The summed E-state index contributed by atoms with van der Waals surface area (Å²) in [6, 6.07) is 13.2. The quantitative estimate of drug-likeness (QED) is 0.445. The molecule has 2 aromatic rings. The van der Waals surface area contributed by atoms with E-state index in [1.54, 1.807) is 25.3 Å². The lowest BCUT2D eigenvalue weighted by molar-refractivity contribution is -0.112. The molecular formula is C19H16F2N2O2S. The molecule has 4 nitrogen and oxygen atoms in total. The van der Waals surface area contributed by atoms with Crippen LogP contribution in [0, 0.1) is 18.3 Å². The molecule has 1 N–H and O–H groups in total. The maximum atomic E-state index is 12.3. The SMILES string of the molecule is COc1ccc(/C=C(\C#N)C(=O)Nc2ccc(SC(F)F)cc2)cc1C. The van der Waals surface area contributed by atoms with Crippen molar-refractivity contribution in [3.05, 3.63) is 59.2 Å². The first-order valence-electron chi connectivity index (χ1n) is 7.55. The molecule has 0 aliphatic rings. The van der Waals surface area contributed by atoms with Gasteiger partial charge in [-0.1, -0.05) is 17.8 Å². The van der Waals surface area contributed by atoms with E-state index in [4.69, 9.17) is 4.74 Å². The van der Waals surface area contributed by atoms with E-state index in [0.29, 0.717) is 33.7 Å². The van der Waals surface area contributed by atoms with Gasteiger partial charge in [0.25, 0.3) is 11.7 Å². The van der Waals surface area contributed by atoms with E-state index in [0.717, 1.165) is 5.56 Å². The number of halogens is 2. The van der Waals surface area contributed by atoms with Gasteiger partial charge >= 0.3 is 0 Å². The third-order valence-corrected chi connectivity index (χ3v) is 4.15. The van der Waals surface area contributed by atoms with Gasteiger partial charge in [-0.25, -0.2) is 0 Å². The zero-order chi connectivity index (χ0) is 19.1. The number of nitrogens with zero attached hydrogens (tertiary/aromatic N) is 1. The lowest BCUT2D eigenvalue weighted by Crippen LogP contribution is -2.13. The number of anilines is 1. The molecule has 0 aromatic heterocycles. The fraction of sp³-hybridized carbons (Fsp3) is 0.158. The van der Waals surface area contributed by atoms with Crippen LogP contribution in [0.1, 0.15) is 11.1 Å². The van der Waals surface area contributed by atoms with E-state index in [2.05, 4.69) is 5.32 Å². The van der Waals surface area contributed by atoms with Gasteiger partial charge < -0.3 is 10.1 Å². The lowest BCUT2D eigenvalue weighted by Gasteiger charge is -2.07. The number of carbonyl (C=O) groups is 1. The predicted octanol–water partition coefficient (Wildman–Crippen LogP) is 4.86. The Morgan fingerprint density at radius 3 is 2.50 bits per heavy atom. The average Bonchev–Trinajstić information content (AvgIpc) is 2.61. The van der Waals surface area contributed by atoms with Crippen LogP contribution in [0.3, 0.4) is 0 Å². The summed E-state index contributed by atoms with van der Waals surface area (Å²) in [6.07, 6.45) is 1.47. The van der Waals surface area contributed by atoms with Crippen LogP contribution in [0.2, 0.25) is 0 Å². The van der Waals surface area contributed by atoms with Crippen LogP contribution >= 0.6 is 11.8 Å². The van der Waals surface area contributed by atoms with Gasteiger partial charge in [0.15, 0.2) is 0 Å². The molecule has 0 heterocycles. The highest BCUT2D eigenvalue weighted by atomic mass is 32.2. The van der Waals surface area contributed by atoms with E-state index < -0.39 is 11.7 Å². The normalized spacial score (nSPS) is 11.2. The smallest absolute Gasteiger partial charge is 0.288 e. The van der Waals surface area contributed by atoms with Gasteiger partial charge in [0.05, 0.1) is 7.11 Å². The minimum absolute atomic E-state index is 0.0689. The number of carbonyl (C=O) groups excluding carboxylic acids is 1. The van der Waals surface area contributed by atoms with E-state index in [1.807, 2.05) is 13.0 Å². The Morgan fingerprint density at radius 1 is 1.27 bits per heavy atom. The second-order valence-corrected chi connectivity index (χ2v) is 6.32. The summed E-state index contributed by atoms with van der Waals surface area (Å²) in [5, 5.41) is 11.8. The summed E-state index contributed by atoms with van der Waals surface area (Å²) in [4.78, 5) is 12.7. The molecule has 0 aliphatic carbocycles. The summed E-state index contributed by atoms with van der Waals surface area (Å²) in [6.45, 7) is 1.86. The number of thioether (sulfide) groups is 1. The zero-order valence-electron chi connectivity index (χ0n) is 14.1. The summed E-state index contributed by atoms with van der Waals surface area (Å²) < 4.78 is 29.8. The van der Waals surface area contributed by atoms with E-state index >= 15 is 0 Å². The van der Waals surface area contributed by atoms with Crippen LogP contribution in [0.25, 0.3) is 6.08 Å². The van der Waals surface area contributed by atoms with Crippen molar-refractivity contribution in [1.29, 1.82) is 5.26 Å². The highest BCUT2D eigenvalue weighted by Gasteiger charge is 2.11. The van der Waals surface area contributed by atoms with Crippen molar-refractivity contribution >= 4 is 29.4 Å². The Labute approximate surface area is 154 Å². The molecule has 1 amide bonds. The van der Waals surface area contributed by atoms with E-state index in [-0.39, 0.29) is 5.57 Å². The maximum Gasteiger partial charge on any atom is 0.288 e. The van der Waals surface area contributed by atoms with Crippen molar-refractivity contribution in [3.63, 3.8) is 0 Å². The number of aryl methyl sites for hydroxylation is 1. The van der Waals surface area contributed by atoms with Crippen LogP contribution in [0.15, 0.2) is 52.9 Å². The number of amides is 1. The van der Waals surface area contributed by atoms with Gasteiger partial charge in [-0.05, 0) is 60.5 Å². The molecule has 0 radical (unpaired) electrons. The van der Waals surface area contributed by atoms with Crippen molar-refractivity contribution in [1.82, 2.24) is 0 Å². The predicted molar refractivity (Wildman–Crippen MR) is 98.3 cm³/mol. The lowest BCUT2D eigenvalue weighted by atomic mass is 10.1. The Balaban J connectivity index is 2.13. The standard InChI is InChI=1S/C19H16F2N2O2S/c1-12-9-13(3-8-17(12)25-2)10-14(11-22)18(24)23-15-4-6-16(7-5-15)26-19(20)21/h3-10,19H,1-2H3,(H,23,24)/b14-10+. The summed E-state index contributed by atoms with van der Waals surface area (Å²) >= 11 is 0.423. The molecule has 0 saturated carbocycles. The first-order chi connectivity index (χ1) is 12.4. The highest BCUT2D eigenvalue weighted by Crippen LogP contribution is 2.26. The molecule has 26 heavy (non-hydrogen) atoms. The topological polar surface area (TPSA) is 62.1 Å². The van der Waals surface area contributed by atoms with Crippen LogP contribution < -0.4 is 10.1 Å². The number of rotatable bonds is 6. The molecule has 2 rings (SSSR count). The number of nitriles is 1. The summed E-state index contributed by atoms with van der Waals surface area (Å²) in [5.74, 6) is -2.36. The minimum Gasteiger partial charge on any atom is -0.496 e. The Bertz CT molecular complexity index is 859. The largest absolute Gasteiger partial charge is 0.496 e. The monoisotopic (exact) mass is 374 g/mol. The third-order valence-electron chi connectivity index (χ3n) is 3.43. The van der Waals surface area contributed by atoms with E-state index in [1.165, 1.54) is 30.3 Å². The average molecular weight is 374 g/mol. The van der Waals surface area contributed by atoms with Crippen LogP contribution in [-0.4, -0.2) is 18.8 Å². The molecule has 134 valence electrons. The molecule has 0 saturated heterocycles. The first kappa shape index (κ1) is 19.5. The van der Waals surface area contributed by atoms with Crippen molar-refractivity contribution < 1.29 is 18.3 Å². The molecular weight excluding hydrogens is 358 g/mol. The Kier molecular flexibility index (Phi) is 6.75. The molecule has 0 fully saturated rings. The molecule has 0 bridgehead atoms.